The van der Waals surface area contributed by atoms with Crippen LogP contribution in [-0.4, -0.2) is 30.9 Å². The van der Waals surface area contributed by atoms with Gasteiger partial charge in [-0.15, -0.1) is 12.4 Å². The maximum Gasteiger partial charge on any atom is 0.119 e. The molecule has 3 nitrogen and oxygen atoms in total. The SMILES string of the molecule is Cc1ccc(OCCN[C@H](C)CO)cc1.Cl. The Hall–Kier alpha value is -0.770. The first-order valence-corrected chi connectivity index (χ1v) is 5.26. The Bertz CT molecular complexity index is 277. The number of aliphatic hydroxyl groups excluding tert-OH is 1. The van der Waals surface area contributed by atoms with Crippen molar-refractivity contribution in [1.82, 2.24) is 5.32 Å². The van der Waals surface area contributed by atoms with Crippen LogP contribution < -0.4 is 10.1 Å². The quantitative estimate of drug-likeness (QED) is 0.751. The van der Waals surface area contributed by atoms with Crippen LogP contribution in [0.4, 0.5) is 0 Å². The average molecular weight is 246 g/mol. The van der Waals surface area contributed by atoms with Crippen LogP contribution in [0.15, 0.2) is 24.3 Å². The van der Waals surface area contributed by atoms with Crippen LogP contribution in [0.1, 0.15) is 12.5 Å². The van der Waals surface area contributed by atoms with E-state index >= 15 is 0 Å². The molecule has 0 aliphatic heterocycles. The van der Waals surface area contributed by atoms with Crippen LogP contribution in [0.3, 0.4) is 0 Å². The lowest BCUT2D eigenvalue weighted by Gasteiger charge is -2.11. The molecule has 0 heterocycles. The third-order valence-corrected chi connectivity index (χ3v) is 2.16. The summed E-state index contributed by atoms with van der Waals surface area (Å²) in [5.41, 5.74) is 1.23. The summed E-state index contributed by atoms with van der Waals surface area (Å²) < 4.78 is 5.51. The Labute approximate surface area is 103 Å². The molecule has 1 atom stereocenters. The third-order valence-electron chi connectivity index (χ3n) is 2.16. The summed E-state index contributed by atoms with van der Waals surface area (Å²) in [6, 6.07) is 8.11. The van der Waals surface area contributed by atoms with Gasteiger partial charge in [-0.05, 0) is 26.0 Å². The fraction of sp³-hybridized carbons (Fsp3) is 0.500. The minimum Gasteiger partial charge on any atom is -0.492 e. The molecule has 0 amide bonds. The molecule has 2 N–H and O–H groups in total. The van der Waals surface area contributed by atoms with Crippen molar-refractivity contribution in [2.75, 3.05) is 19.8 Å². The van der Waals surface area contributed by atoms with Gasteiger partial charge < -0.3 is 15.2 Å². The van der Waals surface area contributed by atoms with Gasteiger partial charge >= 0.3 is 0 Å². The molecule has 92 valence electrons. The summed E-state index contributed by atoms with van der Waals surface area (Å²) in [5, 5.41) is 11.9. The minimum absolute atomic E-state index is 0. The molecule has 0 radical (unpaired) electrons. The van der Waals surface area contributed by atoms with E-state index in [0.717, 1.165) is 12.3 Å². The molecule has 0 spiro atoms. The van der Waals surface area contributed by atoms with Gasteiger partial charge in [0.25, 0.3) is 0 Å². The largest absolute Gasteiger partial charge is 0.492 e. The number of halogens is 1. The molecular formula is C12H20ClNO2. The second-order valence-corrected chi connectivity index (χ2v) is 3.70. The number of nitrogens with one attached hydrogen (secondary N) is 1. The topological polar surface area (TPSA) is 41.5 Å². The van der Waals surface area contributed by atoms with Gasteiger partial charge in [0.2, 0.25) is 0 Å². The lowest BCUT2D eigenvalue weighted by Crippen LogP contribution is -2.32. The van der Waals surface area contributed by atoms with Crippen molar-refractivity contribution in [1.29, 1.82) is 0 Å². The van der Waals surface area contributed by atoms with E-state index < -0.39 is 0 Å². The second kappa shape index (κ2) is 8.39. The van der Waals surface area contributed by atoms with Crippen LogP contribution >= 0.6 is 12.4 Å². The number of hydrogen-bond donors (Lipinski definition) is 2. The van der Waals surface area contributed by atoms with Crippen molar-refractivity contribution >= 4 is 12.4 Å². The van der Waals surface area contributed by atoms with Crippen LogP contribution in [0.5, 0.6) is 5.75 Å². The molecule has 0 unspecified atom stereocenters. The van der Waals surface area contributed by atoms with E-state index in [2.05, 4.69) is 5.32 Å². The Kier molecular flexibility index (Phi) is 7.99. The summed E-state index contributed by atoms with van der Waals surface area (Å²) in [7, 11) is 0. The Balaban J connectivity index is 0.00000225. The molecule has 1 rings (SSSR count). The first-order valence-electron chi connectivity index (χ1n) is 5.26. The molecule has 1 aromatic rings. The van der Waals surface area contributed by atoms with Gasteiger partial charge in [0, 0.05) is 12.6 Å². The van der Waals surface area contributed by atoms with Gasteiger partial charge in [-0.3, -0.25) is 0 Å². The molecule has 0 fully saturated rings. The van der Waals surface area contributed by atoms with Gasteiger partial charge in [0.1, 0.15) is 12.4 Å². The molecule has 4 heteroatoms. The monoisotopic (exact) mass is 245 g/mol. The fourth-order valence-corrected chi connectivity index (χ4v) is 1.17. The average Bonchev–Trinajstić information content (AvgIpc) is 2.26. The number of ether oxygens (including phenoxy) is 1. The molecule has 0 saturated heterocycles. The highest BCUT2D eigenvalue weighted by Crippen LogP contribution is 2.10. The summed E-state index contributed by atoms with van der Waals surface area (Å²) in [6.07, 6.45) is 0. The maximum atomic E-state index is 8.78. The van der Waals surface area contributed by atoms with Gasteiger partial charge in [-0.25, -0.2) is 0 Å². The summed E-state index contributed by atoms with van der Waals surface area (Å²) >= 11 is 0. The zero-order chi connectivity index (χ0) is 11.1. The lowest BCUT2D eigenvalue weighted by atomic mass is 10.2. The van der Waals surface area contributed by atoms with Gasteiger partial charge in [0.05, 0.1) is 6.61 Å². The van der Waals surface area contributed by atoms with E-state index in [-0.39, 0.29) is 25.1 Å². The lowest BCUT2D eigenvalue weighted by molar-refractivity contribution is 0.239. The predicted molar refractivity (Wildman–Crippen MR) is 68.5 cm³/mol. The number of hydrogen-bond acceptors (Lipinski definition) is 3. The molecule has 1 aromatic carbocycles. The minimum atomic E-state index is 0. The van der Waals surface area contributed by atoms with Crippen LogP contribution in [0.25, 0.3) is 0 Å². The highest BCUT2D eigenvalue weighted by atomic mass is 35.5. The number of aliphatic hydroxyl groups is 1. The molecule has 0 aromatic heterocycles. The summed E-state index contributed by atoms with van der Waals surface area (Å²) in [6.45, 7) is 5.51. The van der Waals surface area contributed by atoms with Gasteiger partial charge in [0.15, 0.2) is 0 Å². The third kappa shape index (κ3) is 5.95. The molecule has 0 aliphatic rings. The van der Waals surface area contributed by atoms with E-state index in [0.29, 0.717) is 6.61 Å². The number of rotatable bonds is 6. The van der Waals surface area contributed by atoms with Crippen molar-refractivity contribution < 1.29 is 9.84 Å². The highest BCUT2D eigenvalue weighted by molar-refractivity contribution is 5.85. The normalized spacial score (nSPS) is 11.7. The van der Waals surface area contributed by atoms with Crippen molar-refractivity contribution in [3.63, 3.8) is 0 Å². The standard InChI is InChI=1S/C12H19NO2.ClH/c1-10-3-5-12(6-4-10)15-8-7-13-11(2)9-14;/h3-6,11,13-14H,7-9H2,1-2H3;1H/t11-;/m1./s1. The van der Waals surface area contributed by atoms with Crippen LogP contribution in [0.2, 0.25) is 0 Å². The van der Waals surface area contributed by atoms with E-state index in [9.17, 15) is 0 Å². The van der Waals surface area contributed by atoms with E-state index in [4.69, 9.17) is 9.84 Å². The van der Waals surface area contributed by atoms with E-state index in [1.807, 2.05) is 38.1 Å². The van der Waals surface area contributed by atoms with Gasteiger partial charge in [-0.2, -0.15) is 0 Å². The van der Waals surface area contributed by atoms with Crippen molar-refractivity contribution in [2.24, 2.45) is 0 Å². The predicted octanol–water partition coefficient (Wildman–Crippen LogP) is 1.77. The summed E-state index contributed by atoms with van der Waals surface area (Å²) in [4.78, 5) is 0. The highest BCUT2D eigenvalue weighted by Gasteiger charge is 1.97. The zero-order valence-electron chi connectivity index (χ0n) is 9.77. The fourth-order valence-electron chi connectivity index (χ4n) is 1.17. The molecule has 16 heavy (non-hydrogen) atoms. The Morgan fingerprint density at radius 3 is 2.50 bits per heavy atom. The number of benzene rings is 1. The van der Waals surface area contributed by atoms with E-state index in [1.54, 1.807) is 0 Å². The molecule has 0 aliphatic carbocycles. The van der Waals surface area contributed by atoms with Crippen LogP contribution in [-0.2, 0) is 0 Å². The van der Waals surface area contributed by atoms with Crippen molar-refractivity contribution in [3.05, 3.63) is 29.8 Å². The van der Waals surface area contributed by atoms with Crippen molar-refractivity contribution in [3.8, 4) is 5.75 Å². The molecule has 0 saturated carbocycles. The van der Waals surface area contributed by atoms with Crippen molar-refractivity contribution in [2.45, 2.75) is 19.9 Å². The first-order chi connectivity index (χ1) is 7.22. The smallest absolute Gasteiger partial charge is 0.119 e. The molecular weight excluding hydrogens is 226 g/mol. The number of aryl methyl sites for hydroxylation is 1. The van der Waals surface area contributed by atoms with Gasteiger partial charge in [-0.1, -0.05) is 17.7 Å². The maximum absolute atomic E-state index is 8.78. The summed E-state index contributed by atoms with van der Waals surface area (Å²) in [5.74, 6) is 0.888. The zero-order valence-corrected chi connectivity index (χ0v) is 10.6. The molecule has 0 bridgehead atoms. The Morgan fingerprint density at radius 2 is 1.94 bits per heavy atom. The Morgan fingerprint density at radius 1 is 1.31 bits per heavy atom. The van der Waals surface area contributed by atoms with E-state index in [1.165, 1.54) is 5.56 Å². The second-order valence-electron chi connectivity index (χ2n) is 3.70. The van der Waals surface area contributed by atoms with Crippen LogP contribution in [0, 0.1) is 6.92 Å². The first kappa shape index (κ1) is 15.2.